The van der Waals surface area contributed by atoms with Gasteiger partial charge in [-0.15, -0.1) is 19.6 Å². The van der Waals surface area contributed by atoms with Gasteiger partial charge < -0.3 is 35.2 Å². The van der Waals surface area contributed by atoms with Gasteiger partial charge in [0.15, 0.2) is 0 Å². The van der Waals surface area contributed by atoms with Gasteiger partial charge in [-0.05, 0) is 17.8 Å². The summed E-state index contributed by atoms with van der Waals surface area (Å²) in [5, 5.41) is 14.3. The Kier molecular flexibility index (Phi) is 17.3. The maximum Gasteiger partial charge on any atom is 0 e. The molecule has 3 aliphatic heterocycles. The third kappa shape index (κ3) is 12.3. The summed E-state index contributed by atoms with van der Waals surface area (Å²) < 4.78 is 0. The molecule has 6 aliphatic rings. The topological polar surface area (TPSA) is 42.3 Å². The molecule has 3 saturated heterocycles. The molecule has 4 heteroatoms. The van der Waals surface area contributed by atoms with E-state index in [4.69, 9.17) is 16.0 Å². The van der Waals surface area contributed by atoms with Crippen molar-refractivity contribution in [1.82, 2.24) is 0 Å². The number of hydrogen-bond donors (Lipinski definition) is 0. The number of nitrogens with zero attached hydrogens (tertiary/aromatic N) is 3. The third-order valence-electron chi connectivity index (χ3n) is 10.7. The zero-order valence-electron chi connectivity index (χ0n) is 26.5. The predicted octanol–water partition coefficient (Wildman–Crippen LogP) is 10.7. The van der Waals surface area contributed by atoms with Crippen molar-refractivity contribution in [2.45, 2.75) is 154 Å². The fraction of sp³-hybridized carbons (Fsp3) is 0.917. The number of rotatable bonds is 3. The Morgan fingerprint density at radius 3 is 0.950 bits per heavy atom. The molecule has 6 fully saturated rings. The minimum atomic E-state index is 0. The summed E-state index contributed by atoms with van der Waals surface area (Å²) in [7, 11) is 0. The van der Waals surface area contributed by atoms with E-state index < -0.39 is 0 Å². The second kappa shape index (κ2) is 19.7. The molecule has 0 amide bonds. The summed E-state index contributed by atoms with van der Waals surface area (Å²) in [6, 6.07) is 2.07. The van der Waals surface area contributed by atoms with Crippen LogP contribution in [0.15, 0.2) is 0 Å². The van der Waals surface area contributed by atoms with Crippen LogP contribution in [0.5, 0.6) is 0 Å². The molecule has 0 spiro atoms. The van der Waals surface area contributed by atoms with Crippen molar-refractivity contribution >= 4 is 0 Å². The molecule has 6 rings (SSSR count). The van der Waals surface area contributed by atoms with Crippen LogP contribution < -0.4 is 0 Å². The van der Waals surface area contributed by atoms with Crippen LogP contribution in [0.25, 0.3) is 16.0 Å². The van der Waals surface area contributed by atoms with E-state index in [1.165, 1.54) is 116 Å². The second-order valence-electron chi connectivity index (χ2n) is 14.4. The Morgan fingerprint density at radius 2 is 0.725 bits per heavy atom. The number of hydrogen-bond acceptors (Lipinski definition) is 0. The van der Waals surface area contributed by atoms with Gasteiger partial charge in [-0.3, -0.25) is 0 Å². The fourth-order valence-corrected chi connectivity index (χ4v) is 8.25. The largest absolute Gasteiger partial charge is 0.661 e. The summed E-state index contributed by atoms with van der Waals surface area (Å²) in [5.41, 5.74) is 0. The molecule has 3 saturated carbocycles. The monoisotopic (exact) mass is 730 g/mol. The van der Waals surface area contributed by atoms with Crippen molar-refractivity contribution in [3.8, 4) is 0 Å². The minimum absolute atomic E-state index is 0. The van der Waals surface area contributed by atoms with E-state index >= 15 is 0 Å². The van der Waals surface area contributed by atoms with Crippen molar-refractivity contribution in [1.29, 1.82) is 0 Å². The summed E-state index contributed by atoms with van der Waals surface area (Å²) in [4.78, 5) is 0. The summed E-state index contributed by atoms with van der Waals surface area (Å²) in [6.45, 7) is 10.6. The minimum Gasteiger partial charge on any atom is -0.661 e. The fourth-order valence-electron chi connectivity index (χ4n) is 8.25. The van der Waals surface area contributed by atoms with Gasteiger partial charge in [0.25, 0.3) is 0 Å². The Morgan fingerprint density at radius 1 is 0.425 bits per heavy atom. The molecule has 3 heterocycles. The molecule has 0 aromatic rings. The van der Waals surface area contributed by atoms with Crippen LogP contribution >= 0.6 is 0 Å². The van der Waals surface area contributed by atoms with E-state index in [0.29, 0.717) is 18.1 Å². The van der Waals surface area contributed by atoms with Crippen LogP contribution in [0.1, 0.15) is 136 Å². The van der Waals surface area contributed by atoms with Gasteiger partial charge in [-0.25, -0.2) is 0 Å². The van der Waals surface area contributed by atoms with E-state index in [1.54, 1.807) is 0 Å². The molecule has 0 N–H and O–H groups in total. The first-order valence-corrected chi connectivity index (χ1v) is 17.6. The average molecular weight is 730 g/mol. The molecule has 0 aromatic heterocycles. The molecule has 0 aromatic carbocycles. The normalized spacial score (nSPS) is 40.7. The standard InChI is InChI=1S/3C12H21N.Ir/c3*1-10-5-4-6-11(9-10)12-7-2-3-8-13-12;/h3*6,10-12H,2-5,7-9H2,1H3;/q3*-2;. The van der Waals surface area contributed by atoms with E-state index in [1.807, 2.05) is 0 Å². The van der Waals surface area contributed by atoms with Crippen molar-refractivity contribution in [3.63, 3.8) is 0 Å². The summed E-state index contributed by atoms with van der Waals surface area (Å²) >= 11 is 0. The third-order valence-corrected chi connectivity index (χ3v) is 10.7. The van der Waals surface area contributed by atoms with Gasteiger partial charge in [-0.1, -0.05) is 117 Å². The maximum atomic E-state index is 4.76. The number of piperidine rings is 3. The quantitative estimate of drug-likeness (QED) is 0.260. The first kappa shape index (κ1) is 35.0. The van der Waals surface area contributed by atoms with Crippen LogP contribution in [0.4, 0.5) is 0 Å². The van der Waals surface area contributed by atoms with Crippen molar-refractivity contribution in [2.75, 3.05) is 19.6 Å². The van der Waals surface area contributed by atoms with Crippen molar-refractivity contribution in [3.05, 3.63) is 35.2 Å². The molecule has 0 bridgehead atoms. The van der Waals surface area contributed by atoms with E-state index in [-0.39, 0.29) is 20.1 Å². The first-order valence-electron chi connectivity index (χ1n) is 17.6. The molecule has 3 nitrogen and oxygen atoms in total. The van der Waals surface area contributed by atoms with Crippen LogP contribution in [0.3, 0.4) is 0 Å². The van der Waals surface area contributed by atoms with Gasteiger partial charge in [0, 0.05) is 20.1 Å². The molecule has 40 heavy (non-hydrogen) atoms. The molecular weight excluding hydrogens is 667 g/mol. The summed E-state index contributed by atoms with van der Waals surface area (Å²) in [6.07, 6.45) is 32.3. The molecule has 1 radical (unpaired) electrons. The zero-order valence-corrected chi connectivity index (χ0v) is 28.8. The first-order chi connectivity index (χ1) is 19.1. The van der Waals surface area contributed by atoms with Gasteiger partial charge in [0.1, 0.15) is 0 Å². The van der Waals surface area contributed by atoms with Crippen molar-refractivity contribution in [2.24, 2.45) is 35.5 Å². The van der Waals surface area contributed by atoms with Gasteiger partial charge in [0.2, 0.25) is 0 Å². The Hall–Kier alpha value is 0.529. The van der Waals surface area contributed by atoms with E-state index in [0.717, 1.165) is 55.1 Å². The van der Waals surface area contributed by atoms with Gasteiger partial charge in [-0.2, -0.15) is 55.1 Å². The molecular formula is C36H63IrN3-6. The van der Waals surface area contributed by atoms with Crippen molar-refractivity contribution < 1.29 is 20.1 Å². The Bertz CT molecular complexity index is 540. The van der Waals surface area contributed by atoms with Gasteiger partial charge in [0.05, 0.1) is 0 Å². The predicted molar refractivity (Wildman–Crippen MR) is 170 cm³/mol. The maximum absolute atomic E-state index is 4.76. The van der Waals surface area contributed by atoms with E-state index in [2.05, 4.69) is 40.0 Å². The zero-order chi connectivity index (χ0) is 27.3. The second-order valence-corrected chi connectivity index (χ2v) is 14.4. The molecule has 3 aliphatic carbocycles. The Labute approximate surface area is 264 Å². The SMILES string of the molecule is CC1CC[CH-]C(C2CCCC[N-]2)C1.CC1CC[CH-]C(C2CCCC[N-]2)C1.CC1CC[CH-]C(C2CCCC[N-]2)C1.[Ir]. The van der Waals surface area contributed by atoms with Crippen LogP contribution in [0.2, 0.25) is 0 Å². The van der Waals surface area contributed by atoms with Crippen LogP contribution in [-0.2, 0) is 20.1 Å². The van der Waals surface area contributed by atoms with Crippen LogP contribution in [0, 0.1) is 54.8 Å². The summed E-state index contributed by atoms with van der Waals surface area (Å²) in [5.74, 6) is 5.28. The Balaban J connectivity index is 0.000000163. The molecule has 9 atom stereocenters. The molecule has 9 unspecified atom stereocenters. The average Bonchev–Trinajstić information content (AvgIpc) is 2.99. The van der Waals surface area contributed by atoms with E-state index in [9.17, 15) is 0 Å². The smallest absolute Gasteiger partial charge is 0 e. The van der Waals surface area contributed by atoms with Crippen LogP contribution in [-0.4, -0.2) is 37.8 Å². The van der Waals surface area contributed by atoms with Gasteiger partial charge >= 0.3 is 0 Å². The molecule has 237 valence electrons.